The van der Waals surface area contributed by atoms with E-state index in [0.717, 1.165) is 17.1 Å². The van der Waals surface area contributed by atoms with Gasteiger partial charge in [0.25, 0.3) is 0 Å². The summed E-state index contributed by atoms with van der Waals surface area (Å²) >= 11 is 7.44. The van der Waals surface area contributed by atoms with Crippen molar-refractivity contribution in [3.8, 4) is 17.1 Å². The quantitative estimate of drug-likeness (QED) is 0.436. The van der Waals surface area contributed by atoms with Crippen molar-refractivity contribution in [2.45, 2.75) is 25.5 Å². The highest BCUT2D eigenvalue weighted by atomic mass is 35.5. The number of ether oxygens (including phenoxy) is 1. The van der Waals surface area contributed by atoms with Crippen LogP contribution in [0.3, 0.4) is 0 Å². The molecule has 2 heterocycles. The summed E-state index contributed by atoms with van der Waals surface area (Å²) in [6, 6.07) is 6.88. The van der Waals surface area contributed by atoms with Crippen LogP contribution in [-0.4, -0.2) is 33.4 Å². The predicted molar refractivity (Wildman–Crippen MR) is 101 cm³/mol. The molecule has 0 N–H and O–H groups in total. The first-order valence-electron chi connectivity index (χ1n) is 8.02. The highest BCUT2D eigenvalue weighted by Gasteiger charge is 2.18. The normalized spacial score (nSPS) is 10.9. The molecule has 1 aromatic carbocycles. The molecule has 8 heteroatoms. The van der Waals surface area contributed by atoms with Crippen molar-refractivity contribution in [3.63, 3.8) is 0 Å². The minimum atomic E-state index is -0.0359. The van der Waals surface area contributed by atoms with Gasteiger partial charge in [0.2, 0.25) is 0 Å². The fourth-order valence-corrected chi connectivity index (χ4v) is 3.70. The van der Waals surface area contributed by atoms with Gasteiger partial charge in [-0.05, 0) is 38.1 Å². The van der Waals surface area contributed by atoms with Gasteiger partial charge in [-0.15, -0.1) is 10.2 Å². The van der Waals surface area contributed by atoms with E-state index in [1.165, 1.54) is 18.9 Å². The van der Waals surface area contributed by atoms with E-state index in [2.05, 4.69) is 10.2 Å². The van der Waals surface area contributed by atoms with E-state index in [0.29, 0.717) is 28.0 Å². The van der Waals surface area contributed by atoms with E-state index in [1.807, 2.05) is 24.5 Å². The monoisotopic (exact) mass is 391 g/mol. The second-order valence-corrected chi connectivity index (χ2v) is 6.85. The third-order valence-corrected chi connectivity index (χ3v) is 5.20. The lowest BCUT2D eigenvalue weighted by Crippen LogP contribution is -2.05. The van der Waals surface area contributed by atoms with Gasteiger partial charge < -0.3 is 13.7 Å². The molecule has 0 aliphatic carbocycles. The van der Waals surface area contributed by atoms with Crippen LogP contribution in [0.5, 0.6) is 5.75 Å². The van der Waals surface area contributed by atoms with Crippen LogP contribution >= 0.6 is 23.4 Å². The molecule has 0 spiro atoms. The number of hydrogen-bond donors (Lipinski definition) is 0. The zero-order valence-electron chi connectivity index (χ0n) is 14.7. The minimum absolute atomic E-state index is 0.0359. The lowest BCUT2D eigenvalue weighted by atomic mass is 10.1. The minimum Gasteiger partial charge on any atom is -0.495 e. The number of halogens is 1. The standard InChI is InChI=1S/C18H18ClN3O3S/c1-4-22-17(13-7-8-25-11(13)2)20-21-18(22)26-10-15(23)12-5-6-16(24-3)14(19)9-12/h5-9H,4,10H2,1-3H3. The van der Waals surface area contributed by atoms with Crippen LogP contribution in [0.15, 0.2) is 40.1 Å². The molecule has 0 aliphatic heterocycles. The number of thioether (sulfide) groups is 1. The first-order valence-corrected chi connectivity index (χ1v) is 9.38. The molecule has 0 saturated heterocycles. The molecule has 0 radical (unpaired) electrons. The van der Waals surface area contributed by atoms with Crippen molar-refractivity contribution in [3.05, 3.63) is 46.9 Å². The van der Waals surface area contributed by atoms with Gasteiger partial charge in [-0.2, -0.15) is 0 Å². The molecule has 0 aliphatic rings. The maximum Gasteiger partial charge on any atom is 0.191 e. The zero-order valence-corrected chi connectivity index (χ0v) is 16.2. The molecule has 2 aromatic heterocycles. The molecule has 136 valence electrons. The molecular weight excluding hydrogens is 374 g/mol. The molecular formula is C18H18ClN3O3S. The van der Waals surface area contributed by atoms with Gasteiger partial charge in [0.1, 0.15) is 11.5 Å². The number of furan rings is 1. The number of Topliss-reactive ketones (excluding diaryl/α,β-unsaturated/α-hetero) is 1. The maximum absolute atomic E-state index is 12.5. The van der Waals surface area contributed by atoms with Gasteiger partial charge in [0, 0.05) is 12.1 Å². The smallest absolute Gasteiger partial charge is 0.191 e. The Bertz CT molecular complexity index is 936. The van der Waals surface area contributed by atoms with E-state index in [9.17, 15) is 4.79 Å². The molecule has 3 aromatic rings. The molecule has 0 saturated carbocycles. The second kappa shape index (κ2) is 7.97. The Hall–Kier alpha value is -2.25. The van der Waals surface area contributed by atoms with Crippen molar-refractivity contribution in [1.29, 1.82) is 0 Å². The Morgan fingerprint density at radius 2 is 2.15 bits per heavy atom. The SMILES string of the molecule is CCn1c(SCC(=O)c2ccc(OC)c(Cl)c2)nnc1-c1ccoc1C. The van der Waals surface area contributed by atoms with Crippen LogP contribution in [0.1, 0.15) is 23.0 Å². The van der Waals surface area contributed by atoms with Crippen LogP contribution in [0.25, 0.3) is 11.4 Å². The summed E-state index contributed by atoms with van der Waals surface area (Å²) in [5, 5.41) is 9.60. The van der Waals surface area contributed by atoms with Gasteiger partial charge in [-0.3, -0.25) is 4.79 Å². The number of hydrogen-bond acceptors (Lipinski definition) is 6. The van der Waals surface area contributed by atoms with Crippen LogP contribution in [0.2, 0.25) is 5.02 Å². The Balaban J connectivity index is 1.76. The molecule has 0 amide bonds. The third-order valence-electron chi connectivity index (χ3n) is 3.94. The van der Waals surface area contributed by atoms with Gasteiger partial charge in [0.05, 0.1) is 29.7 Å². The van der Waals surface area contributed by atoms with Crippen molar-refractivity contribution in [2.75, 3.05) is 12.9 Å². The predicted octanol–water partition coefficient (Wildman–Crippen LogP) is 4.50. The fraction of sp³-hybridized carbons (Fsp3) is 0.278. The van der Waals surface area contributed by atoms with E-state index in [-0.39, 0.29) is 11.5 Å². The highest BCUT2D eigenvalue weighted by Crippen LogP contribution is 2.28. The number of benzene rings is 1. The maximum atomic E-state index is 12.5. The van der Waals surface area contributed by atoms with Gasteiger partial charge in [-0.25, -0.2) is 0 Å². The lowest BCUT2D eigenvalue weighted by Gasteiger charge is -2.07. The molecule has 0 bridgehead atoms. The summed E-state index contributed by atoms with van der Waals surface area (Å²) in [7, 11) is 1.54. The first-order chi connectivity index (χ1) is 12.5. The Morgan fingerprint density at radius 3 is 2.77 bits per heavy atom. The van der Waals surface area contributed by atoms with E-state index in [1.54, 1.807) is 24.5 Å². The molecule has 0 unspecified atom stereocenters. The first kappa shape index (κ1) is 18.5. The van der Waals surface area contributed by atoms with Crippen LogP contribution in [0, 0.1) is 6.92 Å². The van der Waals surface area contributed by atoms with Crippen LogP contribution in [-0.2, 0) is 6.54 Å². The number of carbonyl (C=O) groups excluding carboxylic acids is 1. The number of aryl methyl sites for hydroxylation is 1. The number of nitrogens with zero attached hydrogens (tertiary/aromatic N) is 3. The average molecular weight is 392 g/mol. The zero-order chi connectivity index (χ0) is 18.7. The van der Waals surface area contributed by atoms with Gasteiger partial charge >= 0.3 is 0 Å². The summed E-state index contributed by atoms with van der Waals surface area (Å²) in [5.41, 5.74) is 1.44. The van der Waals surface area contributed by atoms with Gasteiger partial charge in [-0.1, -0.05) is 23.4 Å². The van der Waals surface area contributed by atoms with Crippen molar-refractivity contribution in [1.82, 2.24) is 14.8 Å². The van der Waals surface area contributed by atoms with E-state index >= 15 is 0 Å². The summed E-state index contributed by atoms with van der Waals surface area (Å²) in [6.07, 6.45) is 1.63. The Labute approximate surface area is 160 Å². The van der Waals surface area contributed by atoms with Crippen molar-refractivity contribution >= 4 is 29.1 Å². The lowest BCUT2D eigenvalue weighted by molar-refractivity contribution is 0.102. The van der Waals surface area contributed by atoms with E-state index < -0.39 is 0 Å². The summed E-state index contributed by atoms with van der Waals surface area (Å²) < 4.78 is 12.4. The van der Waals surface area contributed by atoms with Crippen molar-refractivity contribution in [2.24, 2.45) is 0 Å². The number of aromatic nitrogens is 3. The van der Waals surface area contributed by atoms with Crippen LogP contribution < -0.4 is 4.74 Å². The molecule has 0 atom stereocenters. The fourth-order valence-electron chi connectivity index (χ4n) is 2.55. The topological polar surface area (TPSA) is 70.2 Å². The summed E-state index contributed by atoms with van der Waals surface area (Å²) in [4.78, 5) is 12.5. The second-order valence-electron chi connectivity index (χ2n) is 5.50. The number of carbonyl (C=O) groups is 1. The van der Waals surface area contributed by atoms with E-state index in [4.69, 9.17) is 20.8 Å². The third kappa shape index (κ3) is 3.64. The Kier molecular flexibility index (Phi) is 5.68. The number of methoxy groups -OCH3 is 1. The molecule has 3 rings (SSSR count). The van der Waals surface area contributed by atoms with Crippen molar-refractivity contribution < 1.29 is 13.9 Å². The average Bonchev–Trinajstić information content (AvgIpc) is 3.24. The number of rotatable bonds is 7. The van der Waals surface area contributed by atoms with Crippen LogP contribution in [0.4, 0.5) is 0 Å². The Morgan fingerprint density at radius 1 is 1.35 bits per heavy atom. The summed E-state index contributed by atoms with van der Waals surface area (Å²) in [6.45, 7) is 4.59. The van der Waals surface area contributed by atoms with Gasteiger partial charge in [0.15, 0.2) is 16.8 Å². The summed E-state index contributed by atoms with van der Waals surface area (Å²) in [5.74, 6) is 2.27. The largest absolute Gasteiger partial charge is 0.495 e. The highest BCUT2D eigenvalue weighted by molar-refractivity contribution is 7.99. The number of ketones is 1. The molecule has 6 nitrogen and oxygen atoms in total. The molecule has 0 fully saturated rings. The molecule has 26 heavy (non-hydrogen) atoms.